The zero-order valence-corrected chi connectivity index (χ0v) is 40.9. The predicted octanol–water partition coefficient (Wildman–Crippen LogP) is 18.3. The second-order valence-corrected chi connectivity index (χ2v) is 21.5. The van der Waals surface area contributed by atoms with Crippen LogP contribution in [0.15, 0.2) is 140 Å². The standard InChI is InChI=1S/C66H75N3O/c1-62(2,3)49-27-28-57(53(39-49)45-19-16-15-17-20-45)69-58-22-18-21-52(59(58)68-61(69)54-40-51(64(7,8)9)41-55(60(54)70)65(10,11)12)47-35-48(37-50(36-47)63(4,5)6)56-38-46(31-34-67-56)43-25-23-42(24-26-43)44-29-32-66(13,14)33-30-44/h15-28,31,34-41,44,70H,29-30,32-33H2,1-14H3/i7D3,8D3,9D3,10D3,11D3,12D3,25D,26D,31D,38D,40D,41D,44D. The second-order valence-electron chi connectivity index (χ2n) is 21.5. The first-order chi connectivity index (χ1) is 43.2. The summed E-state index contributed by atoms with van der Waals surface area (Å²) in [5.74, 6) is -3.56. The van der Waals surface area contributed by atoms with Crippen LogP contribution in [-0.2, 0) is 21.7 Å². The molecule has 2 aromatic heterocycles. The Kier molecular flexibility index (Phi) is 6.84. The Bertz CT molecular complexity index is 4140. The number of hydrogen-bond donors (Lipinski definition) is 1. The molecule has 360 valence electrons. The molecule has 0 bridgehead atoms. The molecule has 4 nitrogen and oxygen atoms in total. The van der Waals surface area contributed by atoms with E-state index in [-0.39, 0.29) is 68.7 Å². The quantitative estimate of drug-likeness (QED) is 0.173. The summed E-state index contributed by atoms with van der Waals surface area (Å²) in [5.41, 5.74) is -11.5. The number of para-hydroxylation sites is 1. The molecule has 1 saturated carbocycles. The van der Waals surface area contributed by atoms with Crippen molar-refractivity contribution in [1.29, 1.82) is 0 Å². The molecule has 0 radical (unpaired) electrons. The molecule has 1 fully saturated rings. The number of rotatable bonds is 7. The average Bonchev–Trinajstić information content (AvgIpc) is 1.06. The molecule has 1 N–H and O–H groups in total. The monoisotopic (exact) mass is 951 g/mol. The summed E-state index contributed by atoms with van der Waals surface area (Å²) < 4.78 is 228. The molecule has 8 aromatic rings. The first-order valence-corrected chi connectivity index (χ1v) is 23.6. The first-order valence-electron chi connectivity index (χ1n) is 36.1. The van der Waals surface area contributed by atoms with E-state index in [0.29, 0.717) is 46.2 Å². The highest BCUT2D eigenvalue weighted by Gasteiger charge is 2.31. The van der Waals surface area contributed by atoms with Gasteiger partial charge in [0.25, 0.3) is 0 Å². The van der Waals surface area contributed by atoms with Gasteiger partial charge in [0.15, 0.2) is 0 Å². The fraction of sp³-hybridized carbons (Fsp3) is 0.364. The van der Waals surface area contributed by atoms with Crippen molar-refractivity contribution >= 4 is 11.0 Å². The number of benzene rings is 6. The zero-order valence-electron chi connectivity index (χ0n) is 65.9. The maximum absolute atomic E-state index is 13.3. The van der Waals surface area contributed by atoms with E-state index in [4.69, 9.17) is 31.0 Å². The largest absolute Gasteiger partial charge is 0.507 e. The number of fused-ring (bicyclic) bond motifs is 1. The summed E-state index contributed by atoms with van der Waals surface area (Å²) in [4.78, 5) is 9.73. The van der Waals surface area contributed by atoms with E-state index in [9.17, 15) is 13.3 Å². The molecule has 70 heavy (non-hydrogen) atoms. The fourth-order valence-electron chi connectivity index (χ4n) is 9.17. The van der Waals surface area contributed by atoms with Crippen LogP contribution in [-0.4, -0.2) is 19.6 Å². The molecule has 0 amide bonds. The highest BCUT2D eigenvalue weighted by atomic mass is 16.3. The van der Waals surface area contributed by atoms with Gasteiger partial charge in [-0.3, -0.25) is 9.55 Å². The van der Waals surface area contributed by atoms with Crippen molar-refractivity contribution < 1.29 is 39.4 Å². The van der Waals surface area contributed by atoms with Gasteiger partial charge in [0, 0.05) is 54.5 Å². The Labute approximate surface area is 454 Å². The normalized spacial score (nSPS) is 21.6. The number of hydrogen-bond acceptors (Lipinski definition) is 3. The van der Waals surface area contributed by atoms with E-state index in [2.05, 4.69) is 18.8 Å². The molecule has 0 aliphatic heterocycles. The molecule has 9 rings (SSSR count). The minimum atomic E-state index is -4.49. The fourth-order valence-corrected chi connectivity index (χ4v) is 9.17. The predicted molar refractivity (Wildman–Crippen MR) is 297 cm³/mol. The van der Waals surface area contributed by atoms with Crippen molar-refractivity contribution in [2.75, 3.05) is 0 Å². The summed E-state index contributed by atoms with van der Waals surface area (Å²) in [6, 6.07) is 22.6. The number of aromatic hydroxyl groups is 1. The Hall–Kier alpha value is -6.26. The van der Waals surface area contributed by atoms with Gasteiger partial charge in [0.05, 0.1) is 36.2 Å². The van der Waals surface area contributed by atoms with Gasteiger partial charge in [-0.05, 0) is 152 Å². The lowest BCUT2D eigenvalue weighted by molar-refractivity contribution is 0.224. The highest BCUT2D eigenvalue weighted by molar-refractivity contribution is 5.98. The summed E-state index contributed by atoms with van der Waals surface area (Å²) >= 11 is 0. The van der Waals surface area contributed by atoms with E-state index in [1.54, 1.807) is 72.8 Å². The molecule has 6 aromatic carbocycles. The topological polar surface area (TPSA) is 50.9 Å². The Morgan fingerprint density at radius 1 is 0.614 bits per heavy atom. The zero-order chi connectivity index (χ0) is 71.3. The number of phenols is 1. The molecular formula is C66H75N3O. The molecule has 2 heterocycles. The van der Waals surface area contributed by atoms with Crippen molar-refractivity contribution in [3.8, 4) is 67.5 Å². The molecule has 1 aliphatic rings. The van der Waals surface area contributed by atoms with Gasteiger partial charge in [0.1, 0.15) is 11.6 Å². The lowest BCUT2D eigenvalue weighted by atomic mass is 9.71. The Balaban J connectivity index is 1.47. The van der Waals surface area contributed by atoms with Crippen molar-refractivity contribution in [3.05, 3.63) is 167 Å². The van der Waals surface area contributed by atoms with Crippen LogP contribution in [0.3, 0.4) is 0 Å². The van der Waals surface area contributed by atoms with Gasteiger partial charge in [-0.15, -0.1) is 0 Å². The minimum Gasteiger partial charge on any atom is -0.507 e. The van der Waals surface area contributed by atoms with Gasteiger partial charge in [-0.2, -0.15) is 0 Å². The lowest BCUT2D eigenvalue weighted by Gasteiger charge is -2.34. The van der Waals surface area contributed by atoms with Crippen molar-refractivity contribution in [2.45, 2.75) is 150 Å². The Morgan fingerprint density at radius 3 is 1.97 bits per heavy atom. The summed E-state index contributed by atoms with van der Waals surface area (Å²) in [7, 11) is 0. The molecule has 0 spiro atoms. The number of phenolic OH excluding ortho intramolecular Hbond substituents is 1. The molecule has 0 saturated heterocycles. The molecular weight excluding hydrogens is 851 g/mol. The minimum absolute atomic E-state index is 0.0166. The number of nitrogens with zero attached hydrogens (tertiary/aromatic N) is 3. The third-order valence-electron chi connectivity index (χ3n) is 13.5. The first kappa shape index (κ1) is 26.8. The van der Waals surface area contributed by atoms with Gasteiger partial charge in [0.2, 0.25) is 0 Å². The van der Waals surface area contributed by atoms with Crippen molar-refractivity contribution in [3.63, 3.8) is 0 Å². The van der Waals surface area contributed by atoms with Crippen molar-refractivity contribution in [2.24, 2.45) is 5.41 Å². The van der Waals surface area contributed by atoms with Crippen LogP contribution in [0.2, 0.25) is 0 Å². The smallest absolute Gasteiger partial charge is 0.149 e. The van der Waals surface area contributed by atoms with Crippen LogP contribution in [0.25, 0.3) is 72.7 Å². The van der Waals surface area contributed by atoms with E-state index in [1.165, 1.54) is 29.0 Å². The highest BCUT2D eigenvalue weighted by Crippen LogP contribution is 2.47. The van der Waals surface area contributed by atoms with Gasteiger partial charge in [-0.1, -0.05) is 181 Å². The van der Waals surface area contributed by atoms with Gasteiger partial charge < -0.3 is 5.11 Å². The van der Waals surface area contributed by atoms with Crippen LogP contribution in [0, 0.1) is 5.41 Å². The molecule has 1 aliphatic carbocycles. The summed E-state index contributed by atoms with van der Waals surface area (Å²) in [6.07, 6.45) is 3.78. The number of pyridine rings is 1. The van der Waals surface area contributed by atoms with Gasteiger partial charge in [-0.25, -0.2) is 4.98 Å². The van der Waals surface area contributed by atoms with Crippen LogP contribution in [0.5, 0.6) is 5.75 Å². The Morgan fingerprint density at radius 2 is 1.30 bits per heavy atom. The van der Waals surface area contributed by atoms with E-state index >= 15 is 0 Å². The summed E-state index contributed by atoms with van der Waals surface area (Å²) in [6.45, 7) is -10.4. The van der Waals surface area contributed by atoms with E-state index in [0.717, 1.165) is 18.4 Å². The van der Waals surface area contributed by atoms with Crippen LogP contribution in [0.1, 0.15) is 190 Å². The second kappa shape index (κ2) is 17.9. The lowest BCUT2D eigenvalue weighted by Crippen LogP contribution is -2.20. The number of aromatic nitrogens is 3. The third kappa shape index (κ3) is 9.76. The molecule has 0 unspecified atom stereocenters. The van der Waals surface area contributed by atoms with Crippen LogP contribution < -0.4 is 0 Å². The molecule has 4 heteroatoms. The molecule has 0 atom stereocenters. The van der Waals surface area contributed by atoms with Crippen LogP contribution in [0.4, 0.5) is 0 Å². The third-order valence-corrected chi connectivity index (χ3v) is 13.5. The number of imidazole rings is 1. The van der Waals surface area contributed by atoms with E-state index < -0.39 is 109 Å². The summed E-state index contributed by atoms with van der Waals surface area (Å²) in [5, 5.41) is 13.3. The van der Waals surface area contributed by atoms with E-state index in [1.807, 2.05) is 47.6 Å². The maximum Gasteiger partial charge on any atom is 0.149 e. The SMILES string of the molecule is [2H]c1cc(C2([2H])CCC(C)(C)CC2)cc([2H])c1-c1c([2H])cnc(-c2cc(-c3cccc4c3nc(-c3c([2H])c(C(C([2H])([2H])[2H])(C([2H])([2H])[2H])C([2H])([2H])[2H])c([2H])c(C(C([2H])([2H])[2H])(C([2H])([2H])[2H])C([2H])([2H])[2H])c3O)n4-c3ccc(C(C)(C)C)cc3-c3ccccc3)cc(C(C)(C)C)c2)c1[2H]. The van der Waals surface area contributed by atoms with Crippen LogP contribution >= 0.6 is 0 Å². The van der Waals surface area contributed by atoms with Gasteiger partial charge >= 0.3 is 0 Å². The van der Waals surface area contributed by atoms with Crippen molar-refractivity contribution in [1.82, 2.24) is 14.5 Å². The maximum atomic E-state index is 13.3. The average molecular weight is 951 g/mol.